The van der Waals surface area contributed by atoms with Gasteiger partial charge in [0.2, 0.25) is 0 Å². The van der Waals surface area contributed by atoms with Crippen molar-refractivity contribution in [1.29, 1.82) is 5.26 Å². The van der Waals surface area contributed by atoms with E-state index in [0.29, 0.717) is 21.9 Å². The third kappa shape index (κ3) is 5.64. The molecule has 1 aliphatic rings. The molecule has 0 aromatic heterocycles. The highest BCUT2D eigenvalue weighted by atomic mass is 35.5. The molecule has 1 aliphatic carbocycles. The second-order valence-corrected chi connectivity index (χ2v) is 6.78. The summed E-state index contributed by atoms with van der Waals surface area (Å²) in [5.41, 5.74) is 1.15. The summed E-state index contributed by atoms with van der Waals surface area (Å²) in [5.74, 6) is 0.669. The number of hydrogen-bond donors (Lipinski definition) is 1. The smallest absolute Gasteiger partial charge is 0.251 e. The minimum absolute atomic E-state index is 0.0135. The van der Waals surface area contributed by atoms with Crippen LogP contribution < -0.4 is 10.1 Å². The summed E-state index contributed by atoms with van der Waals surface area (Å²) in [5, 5.41) is 12.4. The van der Waals surface area contributed by atoms with Crippen LogP contribution in [-0.4, -0.2) is 18.1 Å². The molecular weight excluding hydrogens is 348 g/mol. The molecule has 0 atom stereocenters. The van der Waals surface area contributed by atoms with Crippen LogP contribution >= 0.6 is 11.6 Å². The maximum Gasteiger partial charge on any atom is 0.251 e. The van der Waals surface area contributed by atoms with Gasteiger partial charge in [-0.3, -0.25) is 4.79 Å². The number of amides is 1. The van der Waals surface area contributed by atoms with Gasteiger partial charge >= 0.3 is 0 Å². The summed E-state index contributed by atoms with van der Waals surface area (Å²) in [4.78, 5) is 12.3. The third-order valence-electron chi connectivity index (χ3n) is 4.48. The molecule has 0 spiro atoms. The maximum atomic E-state index is 12.3. The van der Waals surface area contributed by atoms with E-state index < -0.39 is 0 Å². The van der Waals surface area contributed by atoms with E-state index >= 15 is 0 Å². The fraction of sp³-hybridized carbons (Fsp3) is 0.429. The van der Waals surface area contributed by atoms with Crippen molar-refractivity contribution in [3.63, 3.8) is 0 Å². The lowest BCUT2D eigenvalue weighted by molar-refractivity contribution is -0.118. The molecule has 1 amide bonds. The van der Waals surface area contributed by atoms with Gasteiger partial charge in [0.15, 0.2) is 0 Å². The van der Waals surface area contributed by atoms with Crippen LogP contribution in [0, 0.1) is 11.3 Å². The minimum atomic E-state index is -0.0135. The number of nitrogens with one attached hydrogen (secondary N) is 1. The topological polar surface area (TPSA) is 62.1 Å². The Bertz CT molecular complexity index is 726. The van der Waals surface area contributed by atoms with Crippen molar-refractivity contribution in [2.45, 2.75) is 58.1 Å². The van der Waals surface area contributed by atoms with E-state index in [1.807, 2.05) is 38.1 Å². The number of carbonyl (C=O) groups excluding carboxylic acids is 1. The molecule has 4 nitrogen and oxygen atoms in total. The standard InChI is InChI=1S/C21H25ClN2O2/c1-3-5-6-15(4-2)21(25)24-17-8-11-18(12-9-17)26-19-10-7-16(14-23)20(22)13-19/h4-7,10,13,17-18H,3,8-9,11-12H2,1-2H3,(H,24,25)/b6-5-,15-4+. The lowest BCUT2D eigenvalue weighted by atomic mass is 9.92. The van der Waals surface area contributed by atoms with Crippen LogP contribution in [0.5, 0.6) is 5.75 Å². The first-order valence-electron chi connectivity index (χ1n) is 9.07. The molecule has 0 saturated heterocycles. The zero-order valence-corrected chi connectivity index (χ0v) is 16.1. The third-order valence-corrected chi connectivity index (χ3v) is 4.79. The number of ether oxygens (including phenoxy) is 1. The summed E-state index contributed by atoms with van der Waals surface area (Å²) >= 11 is 6.05. The van der Waals surface area contributed by atoms with Gasteiger partial charge < -0.3 is 10.1 Å². The van der Waals surface area contributed by atoms with Crippen LogP contribution in [0.25, 0.3) is 0 Å². The Morgan fingerprint density at radius 2 is 2.12 bits per heavy atom. The van der Waals surface area contributed by atoms with Crippen molar-refractivity contribution < 1.29 is 9.53 Å². The normalized spacial score (nSPS) is 20.6. The summed E-state index contributed by atoms with van der Waals surface area (Å²) in [6.07, 6.45) is 10.2. The summed E-state index contributed by atoms with van der Waals surface area (Å²) < 4.78 is 5.98. The van der Waals surface area contributed by atoms with Crippen molar-refractivity contribution in [2.24, 2.45) is 0 Å². The van der Waals surface area contributed by atoms with Gasteiger partial charge in [-0.05, 0) is 51.2 Å². The Kier molecular flexibility index (Phi) is 7.74. The van der Waals surface area contributed by atoms with Crippen molar-refractivity contribution in [3.8, 4) is 11.8 Å². The lowest BCUT2D eigenvalue weighted by Crippen LogP contribution is -2.40. The van der Waals surface area contributed by atoms with Crippen molar-refractivity contribution in [2.75, 3.05) is 0 Å². The monoisotopic (exact) mass is 372 g/mol. The quantitative estimate of drug-likeness (QED) is 0.568. The molecule has 5 heteroatoms. The molecule has 0 aliphatic heterocycles. The number of nitriles is 1. The molecule has 1 N–H and O–H groups in total. The molecule has 0 bridgehead atoms. The van der Waals surface area contributed by atoms with Gasteiger partial charge in [-0.2, -0.15) is 5.26 Å². The average molecular weight is 373 g/mol. The van der Waals surface area contributed by atoms with E-state index in [9.17, 15) is 4.79 Å². The zero-order chi connectivity index (χ0) is 18.9. The number of nitrogens with zero attached hydrogens (tertiary/aromatic N) is 1. The fourth-order valence-corrected chi connectivity index (χ4v) is 3.21. The maximum absolute atomic E-state index is 12.3. The molecule has 26 heavy (non-hydrogen) atoms. The Balaban J connectivity index is 1.83. The highest BCUT2D eigenvalue weighted by Crippen LogP contribution is 2.27. The lowest BCUT2D eigenvalue weighted by Gasteiger charge is -2.29. The minimum Gasteiger partial charge on any atom is -0.490 e. The second-order valence-electron chi connectivity index (χ2n) is 6.37. The van der Waals surface area contributed by atoms with Crippen molar-refractivity contribution in [3.05, 3.63) is 52.6 Å². The molecule has 0 unspecified atom stereocenters. The van der Waals surface area contributed by atoms with E-state index in [0.717, 1.165) is 32.1 Å². The Labute approximate surface area is 160 Å². The summed E-state index contributed by atoms with van der Waals surface area (Å²) in [6.45, 7) is 3.92. The van der Waals surface area contributed by atoms with Crippen LogP contribution in [0.15, 0.2) is 42.0 Å². The van der Waals surface area contributed by atoms with Gasteiger partial charge in [0.25, 0.3) is 5.91 Å². The predicted octanol–water partition coefficient (Wildman–Crippen LogP) is 4.93. The summed E-state index contributed by atoms with van der Waals surface area (Å²) in [7, 11) is 0. The van der Waals surface area contributed by atoms with Crippen LogP contribution in [-0.2, 0) is 4.79 Å². The van der Waals surface area contributed by atoms with Crippen LogP contribution in [0.4, 0.5) is 0 Å². The van der Waals surface area contributed by atoms with E-state index in [-0.39, 0.29) is 18.1 Å². The SMILES string of the molecule is C/C=C(\C=C/CC)C(=O)NC1CCC(Oc2ccc(C#N)c(Cl)c2)CC1. The fourth-order valence-electron chi connectivity index (χ4n) is 2.99. The molecule has 1 aromatic carbocycles. The van der Waals surface area contributed by atoms with Crippen molar-refractivity contribution in [1.82, 2.24) is 5.32 Å². The van der Waals surface area contributed by atoms with Crippen LogP contribution in [0.2, 0.25) is 5.02 Å². The second kappa shape index (κ2) is 10.0. The van der Waals surface area contributed by atoms with Gasteiger partial charge in [0.1, 0.15) is 11.8 Å². The Morgan fingerprint density at radius 1 is 1.38 bits per heavy atom. The van der Waals surface area contributed by atoms with Crippen LogP contribution in [0.3, 0.4) is 0 Å². The van der Waals surface area contributed by atoms with Gasteiger partial charge in [0.05, 0.1) is 16.7 Å². The molecule has 0 heterocycles. The number of halogens is 1. The molecule has 0 radical (unpaired) electrons. The molecule has 138 valence electrons. The number of rotatable bonds is 6. The van der Waals surface area contributed by atoms with Gasteiger partial charge in [-0.25, -0.2) is 0 Å². The number of hydrogen-bond acceptors (Lipinski definition) is 3. The highest BCUT2D eigenvalue weighted by Gasteiger charge is 2.24. The largest absolute Gasteiger partial charge is 0.490 e. The average Bonchev–Trinajstić information content (AvgIpc) is 2.64. The van der Waals surface area contributed by atoms with E-state index in [4.69, 9.17) is 21.6 Å². The molecule has 2 rings (SSSR count). The van der Waals surface area contributed by atoms with E-state index in [1.54, 1.807) is 18.2 Å². The highest BCUT2D eigenvalue weighted by molar-refractivity contribution is 6.31. The van der Waals surface area contributed by atoms with Gasteiger partial charge in [-0.15, -0.1) is 0 Å². The molecule has 1 fully saturated rings. The Hall–Kier alpha value is -2.25. The van der Waals surface area contributed by atoms with E-state index in [2.05, 4.69) is 5.32 Å². The van der Waals surface area contributed by atoms with Crippen LogP contribution in [0.1, 0.15) is 51.5 Å². The number of benzene rings is 1. The molecule has 1 aromatic rings. The molecular formula is C21H25ClN2O2. The predicted molar refractivity (Wildman–Crippen MR) is 104 cm³/mol. The molecule has 1 saturated carbocycles. The van der Waals surface area contributed by atoms with Gasteiger partial charge in [0, 0.05) is 17.7 Å². The zero-order valence-electron chi connectivity index (χ0n) is 15.3. The van der Waals surface area contributed by atoms with Crippen molar-refractivity contribution >= 4 is 17.5 Å². The first-order chi connectivity index (χ1) is 12.6. The van der Waals surface area contributed by atoms with Gasteiger partial charge in [-0.1, -0.05) is 36.8 Å². The Morgan fingerprint density at radius 3 is 2.69 bits per heavy atom. The first-order valence-corrected chi connectivity index (χ1v) is 9.45. The first kappa shape index (κ1) is 20.1. The summed E-state index contributed by atoms with van der Waals surface area (Å²) in [6, 6.07) is 7.35. The number of carbonyl (C=O) groups is 1. The number of allylic oxidation sites excluding steroid dienone is 2. The van der Waals surface area contributed by atoms with E-state index in [1.165, 1.54) is 0 Å².